The first-order chi connectivity index (χ1) is 10.7. The first kappa shape index (κ1) is 15.9. The van der Waals surface area contributed by atoms with Crippen LogP contribution in [0.5, 0.6) is 0 Å². The maximum atomic E-state index is 5.23. The predicted octanol–water partition coefficient (Wildman–Crippen LogP) is 1.24. The highest BCUT2D eigenvalue weighted by Gasteiger charge is 2.30. The first-order valence-electron chi connectivity index (χ1n) is 8.56. The summed E-state index contributed by atoms with van der Waals surface area (Å²) in [5.74, 6) is 2.96. The maximum Gasteiger partial charge on any atom is 0.146 e. The highest BCUT2D eigenvalue weighted by atomic mass is 16.5. The average Bonchev–Trinajstić information content (AvgIpc) is 3.31. The topological polar surface area (TPSA) is 46.4 Å². The molecule has 0 aromatic carbocycles. The van der Waals surface area contributed by atoms with Crippen molar-refractivity contribution in [3.05, 3.63) is 11.6 Å². The molecule has 1 saturated heterocycles. The average molecular weight is 307 g/mol. The molecule has 2 heterocycles. The molecule has 0 amide bonds. The largest absolute Gasteiger partial charge is 0.383 e. The third-order valence-corrected chi connectivity index (χ3v) is 5.05. The Morgan fingerprint density at radius 1 is 1.23 bits per heavy atom. The lowest BCUT2D eigenvalue weighted by atomic mass is 10.1. The molecule has 1 aromatic rings. The lowest BCUT2D eigenvalue weighted by Gasteiger charge is -2.40. The molecule has 1 aliphatic carbocycles. The Labute approximate surface area is 133 Å². The van der Waals surface area contributed by atoms with Crippen LogP contribution in [0.1, 0.15) is 43.8 Å². The van der Waals surface area contributed by atoms with Crippen LogP contribution in [-0.2, 0) is 18.3 Å². The van der Waals surface area contributed by atoms with Crippen molar-refractivity contribution in [2.24, 2.45) is 7.05 Å². The minimum absolute atomic E-state index is 0.625. The van der Waals surface area contributed by atoms with Gasteiger partial charge in [0.05, 0.1) is 13.2 Å². The van der Waals surface area contributed by atoms with Crippen LogP contribution in [0.4, 0.5) is 0 Å². The molecule has 1 unspecified atom stereocenters. The second kappa shape index (κ2) is 7.06. The number of piperazine rings is 1. The van der Waals surface area contributed by atoms with Crippen molar-refractivity contribution in [2.75, 3.05) is 39.9 Å². The number of rotatable bonds is 7. The lowest BCUT2D eigenvalue weighted by Crippen LogP contribution is -2.53. The summed E-state index contributed by atoms with van der Waals surface area (Å²) in [6.07, 6.45) is 3.75. The molecule has 3 rings (SSSR count). The van der Waals surface area contributed by atoms with Crippen molar-refractivity contribution in [1.29, 1.82) is 0 Å². The Bertz CT molecular complexity index is 485. The van der Waals surface area contributed by atoms with Gasteiger partial charge in [-0.3, -0.25) is 9.80 Å². The van der Waals surface area contributed by atoms with Crippen LogP contribution in [0.25, 0.3) is 0 Å². The summed E-state index contributed by atoms with van der Waals surface area (Å²) in [6, 6.07) is 0.625. The van der Waals surface area contributed by atoms with Crippen LogP contribution in [0.15, 0.2) is 0 Å². The monoisotopic (exact) mass is 307 g/mol. The molecule has 0 N–H and O–H groups in total. The van der Waals surface area contributed by atoms with Gasteiger partial charge in [-0.1, -0.05) is 6.92 Å². The van der Waals surface area contributed by atoms with Gasteiger partial charge in [0.1, 0.15) is 11.6 Å². The molecule has 2 aliphatic rings. The van der Waals surface area contributed by atoms with E-state index in [2.05, 4.69) is 38.5 Å². The summed E-state index contributed by atoms with van der Waals surface area (Å²) < 4.78 is 7.45. The quantitative estimate of drug-likeness (QED) is 0.758. The van der Waals surface area contributed by atoms with E-state index in [9.17, 15) is 0 Å². The van der Waals surface area contributed by atoms with E-state index in [4.69, 9.17) is 4.74 Å². The Morgan fingerprint density at radius 3 is 2.73 bits per heavy atom. The van der Waals surface area contributed by atoms with E-state index in [1.54, 1.807) is 7.11 Å². The molecule has 6 nitrogen and oxygen atoms in total. The zero-order chi connectivity index (χ0) is 15.5. The smallest absolute Gasteiger partial charge is 0.146 e. The molecule has 22 heavy (non-hydrogen) atoms. The molecule has 1 saturated carbocycles. The summed E-state index contributed by atoms with van der Waals surface area (Å²) in [5.41, 5.74) is 0. The fourth-order valence-electron chi connectivity index (χ4n) is 3.40. The van der Waals surface area contributed by atoms with Gasteiger partial charge in [-0.25, -0.2) is 0 Å². The van der Waals surface area contributed by atoms with E-state index in [1.807, 2.05) is 0 Å². The molecular formula is C16H29N5O. The van der Waals surface area contributed by atoms with Gasteiger partial charge in [-0.2, -0.15) is 0 Å². The number of hydrogen-bond acceptors (Lipinski definition) is 5. The lowest BCUT2D eigenvalue weighted by molar-refractivity contribution is 0.0451. The van der Waals surface area contributed by atoms with Gasteiger partial charge in [-0.05, 0) is 19.3 Å². The molecule has 1 aliphatic heterocycles. The van der Waals surface area contributed by atoms with Gasteiger partial charge < -0.3 is 9.30 Å². The first-order valence-corrected chi connectivity index (χ1v) is 8.56. The second-order valence-corrected chi connectivity index (χ2v) is 6.63. The van der Waals surface area contributed by atoms with E-state index in [0.29, 0.717) is 12.0 Å². The van der Waals surface area contributed by atoms with Crippen LogP contribution in [0, 0.1) is 0 Å². The Balaban J connectivity index is 1.57. The number of aromatic nitrogens is 3. The second-order valence-electron chi connectivity index (χ2n) is 6.63. The van der Waals surface area contributed by atoms with Crippen LogP contribution < -0.4 is 0 Å². The highest BCUT2D eigenvalue weighted by Crippen LogP contribution is 2.38. The summed E-state index contributed by atoms with van der Waals surface area (Å²) in [6.45, 7) is 8.41. The molecular weight excluding hydrogens is 278 g/mol. The fraction of sp³-hybridized carbons (Fsp3) is 0.875. The molecule has 6 heteroatoms. The van der Waals surface area contributed by atoms with E-state index in [1.165, 1.54) is 25.1 Å². The predicted molar refractivity (Wildman–Crippen MR) is 85.8 cm³/mol. The van der Waals surface area contributed by atoms with Crippen molar-refractivity contribution in [3.8, 4) is 0 Å². The SMILES string of the molecule is CCC1CN(Cc2nnc(C3CC3)n2C)CCN1CCOC. The van der Waals surface area contributed by atoms with Gasteiger partial charge in [-0.15, -0.1) is 10.2 Å². The van der Waals surface area contributed by atoms with Gasteiger partial charge in [0.2, 0.25) is 0 Å². The number of ether oxygens (including phenoxy) is 1. The third-order valence-electron chi connectivity index (χ3n) is 5.05. The third kappa shape index (κ3) is 3.50. The Morgan fingerprint density at radius 2 is 2.05 bits per heavy atom. The maximum absolute atomic E-state index is 5.23. The zero-order valence-electron chi connectivity index (χ0n) is 14.2. The highest BCUT2D eigenvalue weighted by molar-refractivity contribution is 5.07. The van der Waals surface area contributed by atoms with Crippen LogP contribution in [0.3, 0.4) is 0 Å². The van der Waals surface area contributed by atoms with Crippen molar-refractivity contribution in [1.82, 2.24) is 24.6 Å². The van der Waals surface area contributed by atoms with Crippen molar-refractivity contribution in [2.45, 2.75) is 44.7 Å². The molecule has 1 aromatic heterocycles. The van der Waals surface area contributed by atoms with Crippen LogP contribution in [-0.4, -0.2) is 70.5 Å². The fourth-order valence-corrected chi connectivity index (χ4v) is 3.40. The zero-order valence-corrected chi connectivity index (χ0v) is 14.2. The summed E-state index contributed by atoms with van der Waals surface area (Å²) in [5, 5.41) is 8.83. The standard InChI is InChI=1S/C16H29N5O/c1-4-14-11-20(7-8-21(14)9-10-22-3)12-15-17-18-16(19(15)2)13-5-6-13/h13-14H,4-12H2,1-3H3. The minimum Gasteiger partial charge on any atom is -0.383 e. The van der Waals surface area contributed by atoms with Gasteiger partial charge in [0.25, 0.3) is 0 Å². The van der Waals surface area contributed by atoms with E-state index in [0.717, 1.165) is 45.2 Å². The molecule has 1 atom stereocenters. The van der Waals surface area contributed by atoms with Gasteiger partial charge in [0, 0.05) is 52.3 Å². The van der Waals surface area contributed by atoms with Gasteiger partial charge in [0.15, 0.2) is 0 Å². The van der Waals surface area contributed by atoms with Gasteiger partial charge >= 0.3 is 0 Å². The van der Waals surface area contributed by atoms with Crippen molar-refractivity contribution in [3.63, 3.8) is 0 Å². The summed E-state index contributed by atoms with van der Waals surface area (Å²) in [7, 11) is 3.90. The summed E-state index contributed by atoms with van der Waals surface area (Å²) >= 11 is 0. The molecule has 0 bridgehead atoms. The molecule has 0 radical (unpaired) electrons. The van der Waals surface area contributed by atoms with Crippen LogP contribution >= 0.6 is 0 Å². The molecule has 2 fully saturated rings. The molecule has 0 spiro atoms. The van der Waals surface area contributed by atoms with E-state index < -0.39 is 0 Å². The van der Waals surface area contributed by atoms with Crippen LogP contribution in [0.2, 0.25) is 0 Å². The minimum atomic E-state index is 0.625. The van der Waals surface area contributed by atoms with Crippen molar-refractivity contribution < 1.29 is 4.74 Å². The Kier molecular flexibility index (Phi) is 5.10. The number of hydrogen-bond donors (Lipinski definition) is 0. The Hall–Kier alpha value is -0.980. The number of nitrogens with zero attached hydrogens (tertiary/aromatic N) is 5. The normalized spacial score (nSPS) is 24.0. The summed E-state index contributed by atoms with van der Waals surface area (Å²) in [4.78, 5) is 5.09. The number of methoxy groups -OCH3 is 1. The van der Waals surface area contributed by atoms with Crippen molar-refractivity contribution >= 4 is 0 Å². The molecule has 124 valence electrons. The van der Waals surface area contributed by atoms with E-state index in [-0.39, 0.29) is 0 Å². The van der Waals surface area contributed by atoms with E-state index >= 15 is 0 Å².